The van der Waals surface area contributed by atoms with Gasteiger partial charge in [0.05, 0.1) is 0 Å². The number of carbonyl (C=O) groups is 1. The number of amides is 1. The molecule has 2 aromatic rings. The number of halogens is 3. The summed E-state index contributed by atoms with van der Waals surface area (Å²) in [7, 11) is 0. The lowest BCUT2D eigenvalue weighted by Crippen LogP contribution is -2.33. The third kappa shape index (κ3) is 4.01. The van der Waals surface area contributed by atoms with E-state index < -0.39 is 18.6 Å². The molecule has 0 bridgehead atoms. The molecule has 8 heteroatoms. The van der Waals surface area contributed by atoms with Crippen LogP contribution in [0, 0.1) is 0 Å². The number of nitrogens with zero attached hydrogens (tertiary/aromatic N) is 2. The third-order valence-corrected chi connectivity index (χ3v) is 3.29. The second-order valence-corrected chi connectivity index (χ2v) is 4.91. The number of alkyl halides is 3. The SMILES string of the molecule is CSc1nccn1-c1cccc(C(=O)NCC(F)(F)F)c1. The number of aromatic nitrogens is 2. The fourth-order valence-corrected chi connectivity index (χ4v) is 2.25. The van der Waals surface area contributed by atoms with Gasteiger partial charge in [0.25, 0.3) is 5.91 Å². The minimum atomic E-state index is -4.43. The van der Waals surface area contributed by atoms with E-state index in [0.717, 1.165) is 5.16 Å². The summed E-state index contributed by atoms with van der Waals surface area (Å²) in [4.78, 5) is 15.9. The molecule has 0 aliphatic heterocycles. The van der Waals surface area contributed by atoms with Crippen LogP contribution in [0.1, 0.15) is 10.4 Å². The second kappa shape index (κ2) is 6.21. The molecule has 1 aromatic heterocycles. The Labute approximate surface area is 123 Å². The van der Waals surface area contributed by atoms with Crippen LogP contribution < -0.4 is 5.32 Å². The average Bonchev–Trinajstić information content (AvgIpc) is 2.92. The molecule has 0 saturated carbocycles. The van der Waals surface area contributed by atoms with Gasteiger partial charge in [-0.2, -0.15) is 13.2 Å². The maximum absolute atomic E-state index is 12.1. The molecule has 1 N–H and O–H groups in total. The van der Waals surface area contributed by atoms with Gasteiger partial charge >= 0.3 is 6.18 Å². The van der Waals surface area contributed by atoms with Crippen molar-refractivity contribution in [1.29, 1.82) is 0 Å². The zero-order valence-corrected chi connectivity index (χ0v) is 11.8. The zero-order chi connectivity index (χ0) is 15.5. The van der Waals surface area contributed by atoms with Crippen LogP contribution in [-0.2, 0) is 0 Å². The molecule has 0 aliphatic carbocycles. The van der Waals surface area contributed by atoms with Gasteiger partial charge in [0, 0.05) is 23.6 Å². The molecule has 0 saturated heterocycles. The van der Waals surface area contributed by atoms with Gasteiger partial charge in [-0.3, -0.25) is 9.36 Å². The van der Waals surface area contributed by atoms with Crippen LogP contribution in [0.2, 0.25) is 0 Å². The first kappa shape index (κ1) is 15.4. The number of imidazole rings is 1. The number of hydrogen-bond donors (Lipinski definition) is 1. The van der Waals surface area contributed by atoms with E-state index in [2.05, 4.69) is 4.98 Å². The van der Waals surface area contributed by atoms with Gasteiger partial charge in [-0.15, -0.1) is 0 Å². The highest BCUT2D eigenvalue weighted by atomic mass is 32.2. The number of thioether (sulfide) groups is 1. The predicted molar refractivity (Wildman–Crippen MR) is 73.7 cm³/mol. The van der Waals surface area contributed by atoms with Gasteiger partial charge in [0.1, 0.15) is 6.54 Å². The molecular formula is C13H12F3N3OS. The second-order valence-electron chi connectivity index (χ2n) is 4.13. The van der Waals surface area contributed by atoms with Crippen molar-refractivity contribution in [1.82, 2.24) is 14.9 Å². The molecular weight excluding hydrogens is 303 g/mol. The van der Waals surface area contributed by atoms with Gasteiger partial charge < -0.3 is 5.32 Å². The van der Waals surface area contributed by atoms with Crippen molar-refractivity contribution in [2.45, 2.75) is 11.3 Å². The summed E-state index contributed by atoms with van der Waals surface area (Å²) >= 11 is 1.43. The van der Waals surface area contributed by atoms with Crippen molar-refractivity contribution in [2.75, 3.05) is 12.8 Å². The van der Waals surface area contributed by atoms with E-state index in [1.807, 2.05) is 11.6 Å². The minimum Gasteiger partial charge on any atom is -0.343 e. The van der Waals surface area contributed by atoms with Crippen molar-refractivity contribution in [3.05, 3.63) is 42.2 Å². The van der Waals surface area contributed by atoms with Gasteiger partial charge in [-0.25, -0.2) is 4.98 Å². The minimum absolute atomic E-state index is 0.164. The Morgan fingerprint density at radius 3 is 2.86 bits per heavy atom. The van der Waals surface area contributed by atoms with Crippen molar-refractivity contribution in [3.8, 4) is 5.69 Å². The van der Waals surface area contributed by atoms with E-state index in [0.29, 0.717) is 5.69 Å². The van der Waals surface area contributed by atoms with E-state index in [9.17, 15) is 18.0 Å². The lowest BCUT2D eigenvalue weighted by atomic mass is 10.2. The summed E-state index contributed by atoms with van der Waals surface area (Å²) in [5, 5.41) is 2.57. The Hall–Kier alpha value is -1.96. The summed E-state index contributed by atoms with van der Waals surface area (Å²) in [5.41, 5.74) is 0.828. The van der Waals surface area contributed by atoms with Gasteiger partial charge in [0.2, 0.25) is 0 Å². The van der Waals surface area contributed by atoms with Gasteiger partial charge in [-0.05, 0) is 24.5 Å². The van der Waals surface area contributed by atoms with E-state index in [1.54, 1.807) is 29.1 Å². The number of carbonyl (C=O) groups excluding carboxylic acids is 1. The summed E-state index contributed by atoms with van der Waals surface area (Å²) in [6, 6.07) is 6.35. The summed E-state index contributed by atoms with van der Waals surface area (Å²) in [6.45, 7) is -1.35. The number of rotatable bonds is 4. The summed E-state index contributed by atoms with van der Waals surface area (Å²) in [6.07, 6.45) is 0.767. The average molecular weight is 315 g/mol. The first-order valence-electron chi connectivity index (χ1n) is 5.93. The number of nitrogens with one attached hydrogen (secondary N) is 1. The fraction of sp³-hybridized carbons (Fsp3) is 0.231. The molecule has 4 nitrogen and oxygen atoms in total. The van der Waals surface area contributed by atoms with Crippen LogP contribution in [0.5, 0.6) is 0 Å². The summed E-state index contributed by atoms with van der Waals surface area (Å²) in [5.74, 6) is -0.764. The first-order valence-corrected chi connectivity index (χ1v) is 7.16. The van der Waals surface area contributed by atoms with Crippen LogP contribution in [0.25, 0.3) is 5.69 Å². The van der Waals surface area contributed by atoms with E-state index in [4.69, 9.17) is 0 Å². The van der Waals surface area contributed by atoms with Crippen LogP contribution in [-0.4, -0.2) is 34.4 Å². The summed E-state index contributed by atoms with van der Waals surface area (Å²) < 4.78 is 38.1. The Kier molecular flexibility index (Phi) is 4.56. The molecule has 0 spiro atoms. The van der Waals surface area contributed by atoms with Crippen LogP contribution in [0.3, 0.4) is 0 Å². The van der Waals surface area contributed by atoms with Gasteiger partial charge in [0.15, 0.2) is 5.16 Å². The number of hydrogen-bond acceptors (Lipinski definition) is 3. The molecule has 2 rings (SSSR count). The Balaban J connectivity index is 2.20. The standard InChI is InChI=1S/C13H12F3N3OS/c1-21-12-17-5-6-19(12)10-4-2-3-9(7-10)11(20)18-8-13(14,15)16/h2-7H,8H2,1H3,(H,18,20). The molecule has 0 fully saturated rings. The Morgan fingerprint density at radius 2 is 2.19 bits per heavy atom. The van der Waals surface area contributed by atoms with E-state index in [-0.39, 0.29) is 5.56 Å². The fourth-order valence-electron chi connectivity index (χ4n) is 1.72. The first-order chi connectivity index (χ1) is 9.90. The van der Waals surface area contributed by atoms with E-state index >= 15 is 0 Å². The Bertz CT molecular complexity index is 640. The third-order valence-electron chi connectivity index (χ3n) is 2.63. The number of benzene rings is 1. The van der Waals surface area contributed by atoms with Gasteiger partial charge in [-0.1, -0.05) is 17.8 Å². The molecule has 1 aromatic carbocycles. The highest BCUT2D eigenvalue weighted by molar-refractivity contribution is 7.98. The molecule has 1 amide bonds. The molecule has 0 atom stereocenters. The molecule has 112 valence electrons. The predicted octanol–water partition coefficient (Wildman–Crippen LogP) is 2.89. The molecule has 0 aliphatic rings. The maximum Gasteiger partial charge on any atom is 0.405 e. The van der Waals surface area contributed by atoms with Crippen molar-refractivity contribution in [3.63, 3.8) is 0 Å². The van der Waals surface area contributed by atoms with Crippen molar-refractivity contribution < 1.29 is 18.0 Å². The molecule has 0 radical (unpaired) electrons. The molecule has 0 unspecified atom stereocenters. The zero-order valence-electron chi connectivity index (χ0n) is 11.0. The normalized spacial score (nSPS) is 11.4. The Morgan fingerprint density at radius 1 is 1.43 bits per heavy atom. The van der Waals surface area contributed by atoms with E-state index in [1.165, 1.54) is 23.9 Å². The van der Waals surface area contributed by atoms with Crippen LogP contribution >= 0.6 is 11.8 Å². The van der Waals surface area contributed by atoms with Crippen molar-refractivity contribution in [2.24, 2.45) is 0 Å². The molecule has 1 heterocycles. The maximum atomic E-state index is 12.1. The van der Waals surface area contributed by atoms with Crippen LogP contribution in [0.4, 0.5) is 13.2 Å². The lowest BCUT2D eigenvalue weighted by molar-refractivity contribution is -0.123. The van der Waals surface area contributed by atoms with Crippen LogP contribution in [0.15, 0.2) is 41.8 Å². The quantitative estimate of drug-likeness (QED) is 0.883. The highest BCUT2D eigenvalue weighted by Gasteiger charge is 2.27. The lowest BCUT2D eigenvalue weighted by Gasteiger charge is -2.10. The topological polar surface area (TPSA) is 46.9 Å². The monoisotopic (exact) mass is 315 g/mol. The van der Waals surface area contributed by atoms with Crippen molar-refractivity contribution >= 4 is 17.7 Å². The largest absolute Gasteiger partial charge is 0.405 e. The smallest absolute Gasteiger partial charge is 0.343 e. The highest BCUT2D eigenvalue weighted by Crippen LogP contribution is 2.19. The molecule has 21 heavy (non-hydrogen) atoms.